The van der Waals surface area contributed by atoms with Crippen molar-refractivity contribution >= 4 is 0 Å². The maximum absolute atomic E-state index is 5.72. The Morgan fingerprint density at radius 2 is 2.12 bits per heavy atom. The second kappa shape index (κ2) is 7.31. The molecule has 4 nitrogen and oxygen atoms in total. The molecular formula is C13H27N3O. The maximum atomic E-state index is 5.72. The van der Waals surface area contributed by atoms with Crippen LogP contribution in [0.15, 0.2) is 0 Å². The van der Waals surface area contributed by atoms with Gasteiger partial charge in [-0.3, -0.25) is 0 Å². The van der Waals surface area contributed by atoms with E-state index in [-0.39, 0.29) is 0 Å². The topological polar surface area (TPSA) is 27.7 Å². The van der Waals surface area contributed by atoms with E-state index in [0.717, 1.165) is 26.2 Å². The van der Waals surface area contributed by atoms with E-state index in [4.69, 9.17) is 4.74 Å². The van der Waals surface area contributed by atoms with Gasteiger partial charge in [0.15, 0.2) is 0 Å². The summed E-state index contributed by atoms with van der Waals surface area (Å²) < 4.78 is 5.72. The third-order valence-corrected chi connectivity index (χ3v) is 3.77. The van der Waals surface area contributed by atoms with Crippen molar-refractivity contribution in [3.8, 4) is 0 Å². The third-order valence-electron chi connectivity index (χ3n) is 3.77. The number of likely N-dealkylation sites (tertiary alicyclic amines) is 1. The lowest BCUT2D eigenvalue weighted by Crippen LogP contribution is -2.46. The van der Waals surface area contributed by atoms with Crippen LogP contribution in [0.3, 0.4) is 0 Å². The lowest BCUT2D eigenvalue weighted by Gasteiger charge is -2.31. The van der Waals surface area contributed by atoms with Crippen LogP contribution < -0.4 is 5.32 Å². The van der Waals surface area contributed by atoms with Crippen LogP contribution in [-0.2, 0) is 4.74 Å². The van der Waals surface area contributed by atoms with E-state index in [2.05, 4.69) is 22.2 Å². The first-order valence-corrected chi connectivity index (χ1v) is 7.08. The molecule has 2 aliphatic rings. The smallest absolute Gasteiger partial charge is 0.0826 e. The molecule has 0 aromatic rings. The quantitative estimate of drug-likeness (QED) is 0.754. The molecule has 1 atom stereocenters. The molecule has 0 aromatic heterocycles. The second-order valence-corrected chi connectivity index (χ2v) is 5.36. The molecule has 2 rings (SSSR count). The Bertz CT molecular complexity index is 201. The highest BCUT2D eigenvalue weighted by molar-refractivity contribution is 4.72. The molecule has 1 unspecified atom stereocenters. The molecule has 2 aliphatic heterocycles. The van der Waals surface area contributed by atoms with Crippen molar-refractivity contribution in [1.29, 1.82) is 0 Å². The van der Waals surface area contributed by atoms with Crippen molar-refractivity contribution in [2.45, 2.75) is 25.4 Å². The zero-order valence-electron chi connectivity index (χ0n) is 11.2. The Morgan fingerprint density at radius 1 is 1.29 bits per heavy atom. The number of ether oxygens (including phenoxy) is 1. The fraction of sp³-hybridized carbons (Fsp3) is 1.00. The van der Waals surface area contributed by atoms with Gasteiger partial charge in [-0.05, 0) is 33.0 Å². The number of rotatable bonds is 5. The molecule has 0 aromatic carbocycles. The third kappa shape index (κ3) is 4.92. The van der Waals surface area contributed by atoms with E-state index in [1.54, 1.807) is 0 Å². The maximum Gasteiger partial charge on any atom is 0.0826 e. The fourth-order valence-corrected chi connectivity index (χ4v) is 2.67. The summed E-state index contributed by atoms with van der Waals surface area (Å²) >= 11 is 0. The van der Waals surface area contributed by atoms with Crippen molar-refractivity contribution in [1.82, 2.24) is 15.1 Å². The van der Waals surface area contributed by atoms with Crippen molar-refractivity contribution in [2.75, 3.05) is 59.5 Å². The van der Waals surface area contributed by atoms with Crippen LogP contribution in [0.5, 0.6) is 0 Å². The van der Waals surface area contributed by atoms with Crippen molar-refractivity contribution in [2.24, 2.45) is 0 Å². The standard InChI is InChI=1S/C13H27N3O/c1-15(12-13-11-14-5-10-17-13)8-9-16-6-3-2-4-7-16/h13-14H,2-12H2,1H3. The van der Waals surface area contributed by atoms with Crippen LogP contribution in [0.4, 0.5) is 0 Å². The van der Waals surface area contributed by atoms with E-state index < -0.39 is 0 Å². The first kappa shape index (κ1) is 13.3. The van der Waals surface area contributed by atoms with E-state index in [9.17, 15) is 0 Å². The molecule has 0 saturated carbocycles. The van der Waals surface area contributed by atoms with Gasteiger partial charge in [0.1, 0.15) is 0 Å². The van der Waals surface area contributed by atoms with Crippen LogP contribution in [0.1, 0.15) is 19.3 Å². The van der Waals surface area contributed by atoms with Gasteiger partial charge in [0.05, 0.1) is 12.7 Å². The molecule has 1 N–H and O–H groups in total. The van der Waals surface area contributed by atoms with Gasteiger partial charge < -0.3 is 19.9 Å². The van der Waals surface area contributed by atoms with Gasteiger partial charge in [-0.2, -0.15) is 0 Å². The molecule has 17 heavy (non-hydrogen) atoms. The highest BCUT2D eigenvalue weighted by Gasteiger charge is 2.16. The number of nitrogens with zero attached hydrogens (tertiary/aromatic N) is 2. The number of morpholine rings is 1. The largest absolute Gasteiger partial charge is 0.374 e. The lowest BCUT2D eigenvalue weighted by molar-refractivity contribution is 0.00859. The Labute approximate surface area is 105 Å². The minimum atomic E-state index is 0.384. The van der Waals surface area contributed by atoms with Crippen LogP contribution in [0.2, 0.25) is 0 Å². The monoisotopic (exact) mass is 241 g/mol. The van der Waals surface area contributed by atoms with Crippen LogP contribution >= 0.6 is 0 Å². The fourth-order valence-electron chi connectivity index (χ4n) is 2.67. The Hall–Kier alpha value is -0.160. The average molecular weight is 241 g/mol. The van der Waals surface area contributed by atoms with E-state index in [1.165, 1.54) is 45.4 Å². The molecule has 4 heteroatoms. The van der Waals surface area contributed by atoms with Crippen LogP contribution in [0.25, 0.3) is 0 Å². The lowest BCUT2D eigenvalue weighted by atomic mass is 10.1. The van der Waals surface area contributed by atoms with Gasteiger partial charge in [-0.15, -0.1) is 0 Å². The normalized spacial score (nSPS) is 27.5. The molecule has 2 saturated heterocycles. The highest BCUT2D eigenvalue weighted by atomic mass is 16.5. The van der Waals surface area contributed by atoms with Crippen LogP contribution in [0, 0.1) is 0 Å². The average Bonchev–Trinajstić information content (AvgIpc) is 2.39. The van der Waals surface area contributed by atoms with Gasteiger partial charge in [-0.1, -0.05) is 6.42 Å². The zero-order valence-corrected chi connectivity index (χ0v) is 11.2. The summed E-state index contributed by atoms with van der Waals surface area (Å²) in [6.07, 6.45) is 4.59. The van der Waals surface area contributed by atoms with Crippen molar-refractivity contribution in [3.63, 3.8) is 0 Å². The summed E-state index contributed by atoms with van der Waals surface area (Å²) in [4.78, 5) is 5.01. The van der Waals surface area contributed by atoms with Gasteiger partial charge >= 0.3 is 0 Å². The molecule has 2 fully saturated rings. The minimum absolute atomic E-state index is 0.384. The number of hydrogen-bond donors (Lipinski definition) is 1. The van der Waals surface area contributed by atoms with Gasteiger partial charge in [0, 0.05) is 32.7 Å². The summed E-state index contributed by atoms with van der Waals surface area (Å²) in [6, 6.07) is 0. The summed E-state index contributed by atoms with van der Waals surface area (Å²) in [5.74, 6) is 0. The molecule has 0 spiro atoms. The van der Waals surface area contributed by atoms with E-state index in [1.807, 2.05) is 0 Å². The molecule has 0 aliphatic carbocycles. The molecule has 100 valence electrons. The summed E-state index contributed by atoms with van der Waals surface area (Å²) in [6.45, 7) is 8.93. The van der Waals surface area contributed by atoms with Gasteiger partial charge in [0.2, 0.25) is 0 Å². The Morgan fingerprint density at radius 3 is 2.82 bits per heavy atom. The van der Waals surface area contributed by atoms with Gasteiger partial charge in [0.25, 0.3) is 0 Å². The number of piperidine rings is 1. The van der Waals surface area contributed by atoms with Crippen LogP contribution in [-0.4, -0.2) is 75.4 Å². The number of likely N-dealkylation sites (N-methyl/N-ethyl adjacent to an activating group) is 1. The second-order valence-electron chi connectivity index (χ2n) is 5.36. The molecule has 0 bridgehead atoms. The SMILES string of the molecule is CN(CCN1CCCCC1)CC1CNCCO1. The summed E-state index contributed by atoms with van der Waals surface area (Å²) in [7, 11) is 2.21. The van der Waals surface area contributed by atoms with Crippen molar-refractivity contribution in [3.05, 3.63) is 0 Å². The summed E-state index contributed by atoms with van der Waals surface area (Å²) in [5, 5.41) is 3.38. The first-order chi connectivity index (χ1) is 8.34. The van der Waals surface area contributed by atoms with E-state index >= 15 is 0 Å². The predicted molar refractivity (Wildman–Crippen MR) is 70.4 cm³/mol. The minimum Gasteiger partial charge on any atom is -0.374 e. The molecule has 0 amide bonds. The van der Waals surface area contributed by atoms with E-state index in [0.29, 0.717) is 6.10 Å². The Balaban J connectivity index is 1.57. The molecule has 2 heterocycles. The predicted octanol–water partition coefficient (Wildman–Crippen LogP) is 0.393. The Kier molecular flexibility index (Phi) is 5.71. The number of hydrogen-bond acceptors (Lipinski definition) is 4. The van der Waals surface area contributed by atoms with Crippen molar-refractivity contribution < 1.29 is 4.74 Å². The zero-order chi connectivity index (χ0) is 11.9. The molecule has 0 radical (unpaired) electrons. The first-order valence-electron chi connectivity index (χ1n) is 7.08. The highest BCUT2D eigenvalue weighted by Crippen LogP contribution is 2.08. The summed E-state index contributed by atoms with van der Waals surface area (Å²) in [5.41, 5.74) is 0. The number of nitrogens with one attached hydrogen (secondary N) is 1. The van der Waals surface area contributed by atoms with Gasteiger partial charge in [-0.25, -0.2) is 0 Å². The molecular weight excluding hydrogens is 214 g/mol.